The highest BCUT2D eigenvalue weighted by Crippen LogP contribution is 2.25. The van der Waals surface area contributed by atoms with Crippen LogP contribution in [0.15, 0.2) is 22.7 Å². The van der Waals surface area contributed by atoms with Gasteiger partial charge in [-0.25, -0.2) is 14.4 Å². The number of hydrogen-bond acceptors (Lipinski definition) is 9. The van der Waals surface area contributed by atoms with E-state index in [9.17, 15) is 44.3 Å². The number of carboxylic acid groups (broad SMARTS) is 3. The Hall–Kier alpha value is -4.40. The number of aryl methyl sites for hydroxylation is 2. The molecule has 0 bridgehead atoms. The summed E-state index contributed by atoms with van der Waals surface area (Å²) in [5.74, 6) is -7.09. The van der Waals surface area contributed by atoms with Crippen molar-refractivity contribution >= 4 is 29.4 Å². The number of hydrogen-bond donors (Lipinski definition) is 4. The summed E-state index contributed by atoms with van der Waals surface area (Å²) in [4.78, 5) is 44.2. The minimum Gasteiger partial charge on any atom is -0.475 e. The number of Topliss-reactive ketones (excluding diaryl/α,β-unsaturated/α-hetero) is 1. The number of aromatic nitrogens is 1. The van der Waals surface area contributed by atoms with Gasteiger partial charge in [-0.2, -0.15) is 39.5 Å². The number of nitrogens with one attached hydrogen (secondary N) is 1. The molecule has 0 atom stereocenters. The van der Waals surface area contributed by atoms with Crippen LogP contribution in [-0.4, -0.2) is 113 Å². The molecule has 0 unspecified atom stereocenters. The molecule has 12 nitrogen and oxygen atoms in total. The van der Waals surface area contributed by atoms with Crippen LogP contribution in [0.4, 0.5) is 45.2 Å². The Morgan fingerprint density at radius 3 is 1.66 bits per heavy atom. The summed E-state index contributed by atoms with van der Waals surface area (Å²) >= 11 is 0. The second kappa shape index (κ2) is 19.1. The molecule has 21 heteroatoms. The van der Waals surface area contributed by atoms with E-state index in [1.807, 2.05) is 19.9 Å². The SMILES string of the molecule is Cc1noc(C)c1N1CCN(CCCC(=O)c2ccc3c(c2)CCNCC3)CC1.O=C(O)C(F)(F)F.O=C(O)C(F)(F)F.O=C(O)C(F)(F)F. The molecule has 1 aromatic heterocycles. The first-order valence-corrected chi connectivity index (χ1v) is 14.6. The van der Waals surface area contributed by atoms with Crippen molar-refractivity contribution in [3.63, 3.8) is 0 Å². The Morgan fingerprint density at radius 2 is 1.24 bits per heavy atom. The number of anilines is 1. The molecule has 0 saturated carbocycles. The monoisotopic (exact) mass is 738 g/mol. The molecule has 4 rings (SSSR count). The molecule has 1 aromatic carbocycles. The van der Waals surface area contributed by atoms with Gasteiger partial charge in [-0.3, -0.25) is 9.69 Å². The van der Waals surface area contributed by atoms with E-state index in [1.165, 1.54) is 11.1 Å². The highest BCUT2D eigenvalue weighted by atomic mass is 19.4. The van der Waals surface area contributed by atoms with E-state index in [0.717, 1.165) is 87.8 Å². The maximum absolute atomic E-state index is 12.7. The van der Waals surface area contributed by atoms with Crippen molar-refractivity contribution in [3.8, 4) is 0 Å². The number of alkyl halides is 9. The van der Waals surface area contributed by atoms with Crippen LogP contribution in [0.2, 0.25) is 0 Å². The minimum absolute atomic E-state index is 0.277. The van der Waals surface area contributed by atoms with E-state index >= 15 is 0 Å². The average Bonchev–Trinajstić information content (AvgIpc) is 3.18. The first kappa shape index (κ1) is 43.6. The fourth-order valence-electron chi connectivity index (χ4n) is 4.58. The first-order chi connectivity index (χ1) is 22.9. The van der Waals surface area contributed by atoms with E-state index in [-0.39, 0.29) is 5.78 Å². The standard InChI is InChI=1S/C23H32N4O2.3C2HF3O2/c1-17-23(18(2)29-25-17)27-14-12-26(13-15-27)11-3-4-22(28)21-6-5-19-7-9-24-10-8-20(19)16-21;3*3-2(4,5)1(6)7/h5-6,16,24H,3-4,7-15H2,1-2H3;3*(H,6,7). The average molecular weight is 739 g/mol. The van der Waals surface area contributed by atoms with Gasteiger partial charge in [0.1, 0.15) is 11.4 Å². The molecule has 0 spiro atoms. The van der Waals surface area contributed by atoms with Crippen molar-refractivity contribution in [3.05, 3.63) is 46.3 Å². The topological polar surface area (TPSA) is 174 Å². The lowest BCUT2D eigenvalue weighted by atomic mass is 9.97. The Labute approximate surface area is 278 Å². The number of carboxylic acids is 3. The molecule has 2 aromatic rings. The second-order valence-corrected chi connectivity index (χ2v) is 10.7. The molecule has 50 heavy (non-hydrogen) atoms. The van der Waals surface area contributed by atoms with Crippen molar-refractivity contribution in [2.45, 2.75) is 58.1 Å². The van der Waals surface area contributed by atoms with Crippen LogP contribution in [-0.2, 0) is 27.2 Å². The van der Waals surface area contributed by atoms with Crippen LogP contribution in [0.25, 0.3) is 0 Å². The third kappa shape index (κ3) is 15.4. The van der Waals surface area contributed by atoms with Gasteiger partial charge in [-0.15, -0.1) is 0 Å². The number of piperazine rings is 1. The van der Waals surface area contributed by atoms with E-state index in [1.54, 1.807) is 0 Å². The Kier molecular flexibility index (Phi) is 16.7. The molecule has 0 amide bonds. The lowest BCUT2D eigenvalue weighted by Gasteiger charge is -2.35. The van der Waals surface area contributed by atoms with E-state index < -0.39 is 36.4 Å². The van der Waals surface area contributed by atoms with E-state index in [0.29, 0.717) is 6.42 Å². The van der Waals surface area contributed by atoms with Crippen molar-refractivity contribution in [2.24, 2.45) is 0 Å². The number of benzene rings is 1. The largest absolute Gasteiger partial charge is 0.490 e. The van der Waals surface area contributed by atoms with Crippen LogP contribution in [0.5, 0.6) is 0 Å². The lowest BCUT2D eigenvalue weighted by Crippen LogP contribution is -2.47. The summed E-state index contributed by atoms with van der Waals surface area (Å²) in [6.07, 6.45) is -11.6. The minimum atomic E-state index is -5.08. The van der Waals surface area contributed by atoms with Gasteiger partial charge < -0.3 is 30.1 Å². The van der Waals surface area contributed by atoms with Gasteiger partial charge in [0.05, 0.1) is 0 Å². The van der Waals surface area contributed by atoms with Crippen molar-refractivity contribution < 1.29 is 78.5 Å². The predicted molar refractivity (Wildman–Crippen MR) is 156 cm³/mol. The van der Waals surface area contributed by atoms with Crippen molar-refractivity contribution in [1.82, 2.24) is 15.4 Å². The number of nitrogens with zero attached hydrogens (tertiary/aromatic N) is 3. The van der Waals surface area contributed by atoms with Crippen LogP contribution in [0.3, 0.4) is 0 Å². The molecule has 1 fully saturated rings. The van der Waals surface area contributed by atoms with Gasteiger partial charge in [-0.05, 0) is 69.9 Å². The molecular weight excluding hydrogens is 703 g/mol. The molecule has 282 valence electrons. The zero-order valence-corrected chi connectivity index (χ0v) is 26.6. The predicted octanol–water partition coefficient (Wildman–Crippen LogP) is 4.66. The third-order valence-electron chi connectivity index (χ3n) is 6.96. The van der Waals surface area contributed by atoms with Crippen molar-refractivity contribution in [2.75, 3.05) is 50.7 Å². The smallest absolute Gasteiger partial charge is 0.475 e. The third-order valence-corrected chi connectivity index (χ3v) is 6.96. The summed E-state index contributed by atoms with van der Waals surface area (Å²) in [5.41, 5.74) is 5.74. The van der Waals surface area contributed by atoms with Crippen molar-refractivity contribution in [1.29, 1.82) is 0 Å². The number of halogens is 9. The fraction of sp³-hybridized carbons (Fsp3) is 0.552. The number of fused-ring (bicyclic) bond motifs is 1. The molecule has 1 saturated heterocycles. The van der Waals surface area contributed by atoms with Crippen LogP contribution < -0.4 is 10.2 Å². The summed E-state index contributed by atoms with van der Waals surface area (Å²) in [6, 6.07) is 6.31. The maximum Gasteiger partial charge on any atom is 0.490 e. The molecule has 2 aliphatic heterocycles. The fourth-order valence-corrected chi connectivity index (χ4v) is 4.58. The second-order valence-electron chi connectivity index (χ2n) is 10.7. The van der Waals surface area contributed by atoms with Crippen LogP contribution in [0.1, 0.15) is 45.8 Å². The maximum atomic E-state index is 12.7. The highest BCUT2D eigenvalue weighted by Gasteiger charge is 2.39. The summed E-state index contributed by atoms with van der Waals surface area (Å²) in [5, 5.41) is 28.9. The Bertz CT molecular complexity index is 1360. The molecule has 3 heterocycles. The molecule has 4 N–H and O–H groups in total. The lowest BCUT2D eigenvalue weighted by molar-refractivity contribution is -0.193. The van der Waals surface area contributed by atoms with Gasteiger partial charge in [0.25, 0.3) is 0 Å². The molecule has 0 aliphatic carbocycles. The Morgan fingerprint density at radius 1 is 0.780 bits per heavy atom. The zero-order chi connectivity index (χ0) is 38.4. The van der Waals surface area contributed by atoms with Crippen LogP contribution >= 0.6 is 0 Å². The quantitative estimate of drug-likeness (QED) is 0.239. The normalized spacial score (nSPS) is 15.1. The number of rotatable bonds is 6. The van der Waals surface area contributed by atoms with Gasteiger partial charge in [-0.1, -0.05) is 17.3 Å². The molecule has 0 radical (unpaired) electrons. The highest BCUT2D eigenvalue weighted by molar-refractivity contribution is 5.96. The molecular formula is C29H35F9N4O8. The van der Waals surface area contributed by atoms with Gasteiger partial charge in [0, 0.05) is 38.2 Å². The summed E-state index contributed by atoms with van der Waals surface area (Å²) in [7, 11) is 0. The first-order valence-electron chi connectivity index (χ1n) is 14.6. The van der Waals surface area contributed by atoms with Gasteiger partial charge >= 0.3 is 36.4 Å². The van der Waals surface area contributed by atoms with Crippen LogP contribution in [0, 0.1) is 13.8 Å². The number of carbonyl (C=O) groups excluding carboxylic acids is 1. The molecule has 2 aliphatic rings. The van der Waals surface area contributed by atoms with Gasteiger partial charge in [0.15, 0.2) is 11.5 Å². The van der Waals surface area contributed by atoms with E-state index in [2.05, 4.69) is 32.4 Å². The van der Waals surface area contributed by atoms with E-state index in [4.69, 9.17) is 34.2 Å². The number of ketones is 1. The van der Waals surface area contributed by atoms with Gasteiger partial charge in [0.2, 0.25) is 0 Å². The zero-order valence-electron chi connectivity index (χ0n) is 26.6. The number of aliphatic carboxylic acids is 3. The number of carbonyl (C=O) groups is 4. The summed E-state index contributed by atoms with van der Waals surface area (Å²) in [6.45, 7) is 11.0. The Balaban J connectivity index is 0.000000486. The summed E-state index contributed by atoms with van der Waals surface area (Å²) < 4.78 is 101.